The zero-order valence-electron chi connectivity index (χ0n) is 17.6. The Hall–Kier alpha value is -3.13. The van der Waals surface area contributed by atoms with Crippen molar-refractivity contribution in [3.05, 3.63) is 47.3 Å². The minimum absolute atomic E-state index is 0.0363. The number of benzene rings is 1. The van der Waals surface area contributed by atoms with E-state index in [0.717, 1.165) is 15.8 Å². The molecule has 0 unspecified atom stereocenters. The van der Waals surface area contributed by atoms with Crippen LogP contribution >= 0.6 is 11.3 Å². The van der Waals surface area contributed by atoms with Gasteiger partial charge in [0.2, 0.25) is 5.88 Å². The summed E-state index contributed by atoms with van der Waals surface area (Å²) in [5, 5.41) is 7.24. The topological polar surface area (TPSA) is 79.5 Å². The summed E-state index contributed by atoms with van der Waals surface area (Å²) in [5.41, 5.74) is 2.60. The van der Waals surface area contributed by atoms with Gasteiger partial charge < -0.3 is 18.7 Å². The van der Waals surface area contributed by atoms with Crippen LogP contribution in [0, 0.1) is 0 Å². The van der Waals surface area contributed by atoms with Gasteiger partial charge in [0.05, 0.1) is 19.6 Å². The van der Waals surface area contributed by atoms with E-state index in [1.54, 1.807) is 25.6 Å². The largest absolute Gasteiger partial charge is 0.497 e. The van der Waals surface area contributed by atoms with Gasteiger partial charge in [-0.15, -0.1) is 11.3 Å². The number of ether oxygens (including phenoxy) is 3. The predicted molar refractivity (Wildman–Crippen MR) is 115 cm³/mol. The molecule has 1 aromatic carbocycles. The molecule has 156 valence electrons. The molecule has 4 aromatic rings. The van der Waals surface area contributed by atoms with E-state index in [1.807, 2.05) is 24.3 Å². The molecule has 0 aliphatic rings. The van der Waals surface area contributed by atoms with Gasteiger partial charge in [-0.3, -0.25) is 0 Å². The molecule has 0 saturated heterocycles. The molecule has 0 bridgehead atoms. The van der Waals surface area contributed by atoms with Crippen molar-refractivity contribution >= 4 is 21.6 Å². The fraction of sp³-hybridized carbons (Fsp3) is 0.318. The summed E-state index contributed by atoms with van der Waals surface area (Å²) in [5.74, 6) is 2.50. The highest BCUT2D eigenvalue weighted by Crippen LogP contribution is 2.38. The summed E-state index contributed by atoms with van der Waals surface area (Å²) in [6.07, 6.45) is 1.52. The lowest BCUT2D eigenvalue weighted by molar-refractivity contribution is 0.244. The van der Waals surface area contributed by atoms with E-state index in [4.69, 9.17) is 18.7 Å². The summed E-state index contributed by atoms with van der Waals surface area (Å²) < 4.78 is 22.2. The number of hydrogen-bond donors (Lipinski definition) is 0. The van der Waals surface area contributed by atoms with Gasteiger partial charge in [0, 0.05) is 17.7 Å². The lowest BCUT2D eigenvalue weighted by Gasteiger charge is -2.18. The molecule has 0 aliphatic heterocycles. The SMILES string of the molecule is COc1ccc(-c2cc(COc3ncnc4scc(C(C)(C)C)c34)on2)c(OC)c1. The van der Waals surface area contributed by atoms with E-state index in [0.29, 0.717) is 28.8 Å². The highest BCUT2D eigenvalue weighted by atomic mass is 32.1. The van der Waals surface area contributed by atoms with Gasteiger partial charge in [0.1, 0.15) is 28.4 Å². The van der Waals surface area contributed by atoms with Crippen LogP contribution in [0.1, 0.15) is 32.1 Å². The van der Waals surface area contributed by atoms with Crippen molar-refractivity contribution in [2.24, 2.45) is 0 Å². The smallest absolute Gasteiger partial charge is 0.226 e. The van der Waals surface area contributed by atoms with Gasteiger partial charge in [-0.2, -0.15) is 0 Å². The Morgan fingerprint density at radius 3 is 2.63 bits per heavy atom. The molecule has 30 heavy (non-hydrogen) atoms. The Morgan fingerprint density at radius 2 is 1.90 bits per heavy atom. The van der Waals surface area contributed by atoms with Gasteiger partial charge in [0.25, 0.3) is 0 Å². The summed E-state index contributed by atoms with van der Waals surface area (Å²) in [7, 11) is 3.22. The summed E-state index contributed by atoms with van der Waals surface area (Å²) in [6, 6.07) is 7.38. The van der Waals surface area contributed by atoms with Gasteiger partial charge in [0.15, 0.2) is 12.4 Å². The molecule has 3 aromatic heterocycles. The summed E-state index contributed by atoms with van der Waals surface area (Å²) in [6.45, 7) is 6.69. The minimum atomic E-state index is -0.0363. The number of thiophene rings is 1. The maximum absolute atomic E-state index is 6.01. The molecule has 0 spiro atoms. The van der Waals surface area contributed by atoms with Crippen LogP contribution in [-0.4, -0.2) is 29.3 Å². The van der Waals surface area contributed by atoms with Gasteiger partial charge >= 0.3 is 0 Å². The van der Waals surface area contributed by atoms with Crippen molar-refractivity contribution in [2.45, 2.75) is 32.8 Å². The maximum Gasteiger partial charge on any atom is 0.226 e. The number of rotatable bonds is 6. The second-order valence-corrected chi connectivity index (χ2v) is 8.65. The number of nitrogens with zero attached hydrogens (tertiary/aromatic N) is 3. The van der Waals surface area contributed by atoms with Crippen molar-refractivity contribution in [1.29, 1.82) is 0 Å². The van der Waals surface area contributed by atoms with Crippen LogP contribution in [-0.2, 0) is 12.0 Å². The predicted octanol–water partition coefficient (Wildman–Crippen LogP) is 5.24. The Kier molecular flexibility index (Phi) is 5.34. The maximum atomic E-state index is 6.01. The highest BCUT2D eigenvalue weighted by Gasteiger charge is 2.23. The van der Waals surface area contributed by atoms with Crippen molar-refractivity contribution in [3.63, 3.8) is 0 Å². The lowest BCUT2D eigenvalue weighted by Crippen LogP contribution is -2.11. The number of aromatic nitrogens is 3. The molecule has 0 radical (unpaired) electrons. The third-order valence-electron chi connectivity index (χ3n) is 4.74. The minimum Gasteiger partial charge on any atom is -0.497 e. The van der Waals surface area contributed by atoms with E-state index >= 15 is 0 Å². The first-order valence-corrected chi connectivity index (χ1v) is 10.3. The first-order valence-electron chi connectivity index (χ1n) is 9.44. The fourth-order valence-electron chi connectivity index (χ4n) is 3.17. The van der Waals surface area contributed by atoms with E-state index < -0.39 is 0 Å². The zero-order chi connectivity index (χ0) is 21.3. The molecule has 0 saturated carbocycles. The first-order chi connectivity index (χ1) is 14.4. The van der Waals surface area contributed by atoms with Crippen LogP contribution in [0.2, 0.25) is 0 Å². The normalized spacial score (nSPS) is 11.6. The Bertz CT molecular complexity index is 1180. The molecule has 3 heterocycles. The highest BCUT2D eigenvalue weighted by molar-refractivity contribution is 7.17. The molecular weight excluding hydrogens is 402 g/mol. The van der Waals surface area contributed by atoms with Crippen LogP contribution in [0.3, 0.4) is 0 Å². The second kappa shape index (κ2) is 7.95. The molecule has 0 fully saturated rings. The number of fused-ring (bicyclic) bond motifs is 1. The van der Waals surface area contributed by atoms with Gasteiger partial charge in [-0.25, -0.2) is 9.97 Å². The van der Waals surface area contributed by atoms with Gasteiger partial charge in [-0.05, 0) is 28.5 Å². The van der Waals surface area contributed by atoms with Crippen LogP contribution in [0.15, 0.2) is 40.5 Å². The molecule has 4 rings (SSSR count). The molecule has 8 heteroatoms. The fourth-order valence-corrected chi connectivity index (χ4v) is 4.29. The van der Waals surface area contributed by atoms with Crippen molar-refractivity contribution < 1.29 is 18.7 Å². The molecule has 0 N–H and O–H groups in total. The summed E-state index contributed by atoms with van der Waals surface area (Å²) >= 11 is 1.59. The van der Waals surface area contributed by atoms with E-state index in [2.05, 4.69) is 41.3 Å². The molecule has 0 amide bonds. The molecule has 0 atom stereocenters. The van der Waals surface area contributed by atoms with Crippen molar-refractivity contribution in [1.82, 2.24) is 15.1 Å². The monoisotopic (exact) mass is 425 g/mol. The third-order valence-corrected chi connectivity index (χ3v) is 5.62. The van der Waals surface area contributed by atoms with Crippen molar-refractivity contribution in [2.75, 3.05) is 14.2 Å². The van der Waals surface area contributed by atoms with E-state index in [1.165, 1.54) is 11.9 Å². The third kappa shape index (κ3) is 3.82. The molecule has 0 aliphatic carbocycles. The Labute approximate surface area is 178 Å². The number of hydrogen-bond acceptors (Lipinski definition) is 8. The zero-order valence-corrected chi connectivity index (χ0v) is 18.4. The van der Waals surface area contributed by atoms with Crippen LogP contribution in [0.4, 0.5) is 0 Å². The molecular formula is C22H23N3O4S. The average Bonchev–Trinajstić information content (AvgIpc) is 3.38. The van der Waals surface area contributed by atoms with Crippen LogP contribution < -0.4 is 14.2 Å². The van der Waals surface area contributed by atoms with Gasteiger partial charge in [-0.1, -0.05) is 25.9 Å². The van der Waals surface area contributed by atoms with E-state index in [-0.39, 0.29) is 12.0 Å². The number of methoxy groups -OCH3 is 2. The molecule has 7 nitrogen and oxygen atoms in total. The standard InChI is InChI=1S/C22H23N3O4S/c1-22(2,3)16-11-30-21-19(16)20(23-12-24-21)28-10-14-8-17(25-29-14)15-7-6-13(26-4)9-18(15)27-5/h6-9,11-12H,10H2,1-5H3. The summed E-state index contributed by atoms with van der Waals surface area (Å²) in [4.78, 5) is 9.64. The quantitative estimate of drug-likeness (QED) is 0.418. The average molecular weight is 426 g/mol. The van der Waals surface area contributed by atoms with Crippen molar-refractivity contribution in [3.8, 4) is 28.6 Å². The second-order valence-electron chi connectivity index (χ2n) is 7.79. The van der Waals surface area contributed by atoms with E-state index in [9.17, 15) is 0 Å². The Balaban J connectivity index is 1.58. The lowest BCUT2D eigenvalue weighted by atomic mass is 9.87. The van der Waals surface area contributed by atoms with Crippen LogP contribution in [0.5, 0.6) is 17.4 Å². The first kappa shape index (κ1) is 20.2. The van der Waals surface area contributed by atoms with Crippen LogP contribution in [0.25, 0.3) is 21.5 Å². The Morgan fingerprint density at radius 1 is 1.07 bits per heavy atom.